The molecule has 0 aromatic carbocycles. The zero-order valence-corrected chi connectivity index (χ0v) is 10.7. The van der Waals surface area contributed by atoms with E-state index in [2.05, 4.69) is 14.8 Å². The van der Waals surface area contributed by atoms with E-state index in [1.54, 1.807) is 19.0 Å². The van der Waals surface area contributed by atoms with Crippen LogP contribution in [0.5, 0.6) is 0 Å². The van der Waals surface area contributed by atoms with Gasteiger partial charge < -0.3 is 14.5 Å². The molecule has 0 aliphatic carbocycles. The summed E-state index contributed by atoms with van der Waals surface area (Å²) in [5.74, 6) is -0.649. The van der Waals surface area contributed by atoms with E-state index in [0.717, 1.165) is 0 Å². The second kappa shape index (κ2) is 6.23. The molecule has 0 aromatic rings. The van der Waals surface area contributed by atoms with Gasteiger partial charge in [-0.15, -0.1) is 0 Å². The molecule has 1 rings (SSSR count). The van der Waals surface area contributed by atoms with E-state index in [1.807, 2.05) is 0 Å². The van der Waals surface area contributed by atoms with Crippen LogP contribution in [-0.2, 0) is 14.3 Å². The van der Waals surface area contributed by atoms with Gasteiger partial charge in [-0.2, -0.15) is 0 Å². The zero-order valence-electron chi connectivity index (χ0n) is 10.7. The fraction of sp³-hybridized carbons (Fsp3) is 0.800. The van der Waals surface area contributed by atoms with Crippen LogP contribution in [0, 0.1) is 0 Å². The van der Waals surface area contributed by atoms with E-state index >= 15 is 0 Å². The molecule has 8 heteroatoms. The molecule has 1 amide bonds. The van der Waals surface area contributed by atoms with Crippen LogP contribution < -0.4 is 0 Å². The Morgan fingerprint density at radius 1 is 1.56 bits per heavy atom. The van der Waals surface area contributed by atoms with Crippen molar-refractivity contribution in [3.8, 4) is 0 Å². The van der Waals surface area contributed by atoms with E-state index < -0.39 is 12.0 Å². The predicted molar refractivity (Wildman–Crippen MR) is 63.6 cm³/mol. The minimum Gasteiger partial charge on any atom is -0.467 e. The lowest BCUT2D eigenvalue weighted by Gasteiger charge is -2.24. The summed E-state index contributed by atoms with van der Waals surface area (Å²) in [5.41, 5.74) is 8.41. The summed E-state index contributed by atoms with van der Waals surface area (Å²) >= 11 is 0. The lowest BCUT2D eigenvalue weighted by molar-refractivity contribution is -0.151. The average Bonchev–Trinajstić information content (AvgIpc) is 2.71. The van der Waals surface area contributed by atoms with Crippen molar-refractivity contribution in [2.24, 2.45) is 5.11 Å². The second-order valence-electron chi connectivity index (χ2n) is 4.42. The lowest BCUT2D eigenvalue weighted by atomic mass is 10.2. The van der Waals surface area contributed by atoms with Gasteiger partial charge in [0.05, 0.1) is 19.7 Å². The summed E-state index contributed by atoms with van der Waals surface area (Å²) in [4.78, 5) is 29.4. The summed E-state index contributed by atoms with van der Waals surface area (Å²) in [7, 11) is 4.82. The number of hydrogen-bond acceptors (Lipinski definition) is 5. The van der Waals surface area contributed by atoms with Crippen molar-refractivity contribution in [2.45, 2.75) is 18.5 Å². The summed E-state index contributed by atoms with van der Waals surface area (Å²) in [6.07, 6.45) is 0.315. The molecule has 2 atom stereocenters. The number of carbonyl (C=O) groups is 2. The Hall–Kier alpha value is -1.79. The van der Waals surface area contributed by atoms with Gasteiger partial charge in [-0.3, -0.25) is 4.79 Å². The molecular formula is C10H17N5O3. The SMILES string of the molecule is COC(=O)C1CC(N=[N+]=[N-])CN1C(=O)CN(C)C. The van der Waals surface area contributed by atoms with Crippen molar-refractivity contribution in [2.75, 3.05) is 34.3 Å². The molecule has 1 heterocycles. The van der Waals surface area contributed by atoms with Crippen LogP contribution in [0.2, 0.25) is 0 Å². The smallest absolute Gasteiger partial charge is 0.328 e. The Morgan fingerprint density at radius 2 is 2.22 bits per heavy atom. The highest BCUT2D eigenvalue weighted by atomic mass is 16.5. The third-order valence-corrected chi connectivity index (χ3v) is 2.74. The Morgan fingerprint density at radius 3 is 2.72 bits per heavy atom. The fourth-order valence-corrected chi connectivity index (χ4v) is 1.97. The molecule has 0 bridgehead atoms. The van der Waals surface area contributed by atoms with E-state index in [4.69, 9.17) is 5.53 Å². The molecule has 0 N–H and O–H groups in total. The van der Waals surface area contributed by atoms with E-state index in [0.29, 0.717) is 6.42 Å². The molecule has 0 radical (unpaired) electrons. The first kappa shape index (κ1) is 14.3. The number of likely N-dealkylation sites (N-methyl/N-ethyl adjacent to an activating group) is 1. The quantitative estimate of drug-likeness (QED) is 0.305. The molecule has 2 unspecified atom stereocenters. The van der Waals surface area contributed by atoms with Crippen LogP contribution in [0.25, 0.3) is 10.4 Å². The van der Waals surface area contributed by atoms with Crippen LogP contribution in [0.15, 0.2) is 5.11 Å². The van der Waals surface area contributed by atoms with Crippen molar-refractivity contribution >= 4 is 11.9 Å². The normalized spacial score (nSPS) is 22.8. The number of likely N-dealkylation sites (tertiary alicyclic amines) is 1. The van der Waals surface area contributed by atoms with Crippen molar-refractivity contribution in [3.05, 3.63) is 10.4 Å². The molecule has 1 aliphatic rings. The maximum atomic E-state index is 12.0. The van der Waals surface area contributed by atoms with Gasteiger partial charge in [0, 0.05) is 11.5 Å². The van der Waals surface area contributed by atoms with Gasteiger partial charge in [0.1, 0.15) is 6.04 Å². The van der Waals surface area contributed by atoms with E-state index in [1.165, 1.54) is 12.0 Å². The summed E-state index contributed by atoms with van der Waals surface area (Å²) in [6, 6.07) is -1.02. The minimum atomic E-state index is -0.655. The summed E-state index contributed by atoms with van der Waals surface area (Å²) in [5, 5.41) is 3.57. The Balaban J connectivity index is 2.81. The molecule has 1 saturated heterocycles. The van der Waals surface area contributed by atoms with Crippen LogP contribution >= 0.6 is 0 Å². The number of esters is 1. The molecule has 0 saturated carbocycles. The zero-order chi connectivity index (χ0) is 13.7. The van der Waals surface area contributed by atoms with Crippen molar-refractivity contribution < 1.29 is 14.3 Å². The molecule has 1 aliphatic heterocycles. The van der Waals surface area contributed by atoms with Gasteiger partial charge in [0.2, 0.25) is 5.91 Å². The topological polar surface area (TPSA) is 98.6 Å². The highest BCUT2D eigenvalue weighted by Crippen LogP contribution is 2.21. The minimum absolute atomic E-state index is 0.175. The lowest BCUT2D eigenvalue weighted by Crippen LogP contribution is -2.44. The second-order valence-corrected chi connectivity index (χ2v) is 4.42. The monoisotopic (exact) mass is 255 g/mol. The first-order valence-corrected chi connectivity index (χ1v) is 5.55. The molecule has 8 nitrogen and oxygen atoms in total. The third kappa shape index (κ3) is 3.35. The molecule has 0 aromatic heterocycles. The van der Waals surface area contributed by atoms with E-state index in [-0.39, 0.29) is 25.0 Å². The van der Waals surface area contributed by atoms with Gasteiger partial charge in [0.15, 0.2) is 0 Å². The molecule has 100 valence electrons. The highest BCUT2D eigenvalue weighted by molar-refractivity contribution is 5.86. The number of amides is 1. The first-order chi connectivity index (χ1) is 8.49. The van der Waals surface area contributed by atoms with E-state index in [9.17, 15) is 9.59 Å². The van der Waals surface area contributed by atoms with Crippen molar-refractivity contribution in [1.82, 2.24) is 9.80 Å². The number of azide groups is 1. The fourth-order valence-electron chi connectivity index (χ4n) is 1.97. The first-order valence-electron chi connectivity index (χ1n) is 5.55. The Kier molecular flexibility index (Phi) is 4.94. The molecule has 1 fully saturated rings. The van der Waals surface area contributed by atoms with Gasteiger partial charge in [0.25, 0.3) is 0 Å². The van der Waals surface area contributed by atoms with Crippen LogP contribution in [0.1, 0.15) is 6.42 Å². The van der Waals surface area contributed by atoms with Gasteiger partial charge >= 0.3 is 5.97 Å². The van der Waals surface area contributed by atoms with Crippen molar-refractivity contribution in [3.63, 3.8) is 0 Å². The Bertz CT molecular complexity index is 378. The summed E-state index contributed by atoms with van der Waals surface area (Å²) < 4.78 is 4.66. The Labute approximate surface area is 105 Å². The highest BCUT2D eigenvalue weighted by Gasteiger charge is 2.39. The largest absolute Gasteiger partial charge is 0.467 e. The number of rotatable bonds is 4. The summed E-state index contributed by atoms with van der Waals surface area (Å²) in [6.45, 7) is 0.465. The molecule has 18 heavy (non-hydrogen) atoms. The van der Waals surface area contributed by atoms with Crippen LogP contribution in [0.4, 0.5) is 0 Å². The predicted octanol–water partition coefficient (Wildman–Crippen LogP) is 0.000800. The third-order valence-electron chi connectivity index (χ3n) is 2.74. The van der Waals surface area contributed by atoms with Crippen LogP contribution in [0.3, 0.4) is 0 Å². The number of ether oxygens (including phenoxy) is 1. The number of methoxy groups -OCH3 is 1. The molecule has 0 spiro atoms. The van der Waals surface area contributed by atoms with Crippen LogP contribution in [-0.4, -0.2) is 68.1 Å². The van der Waals surface area contributed by atoms with Crippen molar-refractivity contribution in [1.29, 1.82) is 0 Å². The average molecular weight is 255 g/mol. The number of hydrogen-bond donors (Lipinski definition) is 0. The van der Waals surface area contributed by atoms with Gasteiger partial charge in [-0.1, -0.05) is 5.11 Å². The van der Waals surface area contributed by atoms with Gasteiger partial charge in [-0.05, 0) is 26.0 Å². The maximum absolute atomic E-state index is 12.0. The molecular weight excluding hydrogens is 238 g/mol. The standard InChI is InChI=1S/C10H17N5O3/c1-14(2)6-9(16)15-5-7(12-13-11)4-8(15)10(17)18-3/h7-8H,4-6H2,1-3H3. The van der Waals surface area contributed by atoms with Gasteiger partial charge in [-0.25, -0.2) is 4.79 Å². The number of nitrogens with zero attached hydrogens (tertiary/aromatic N) is 5. The number of carbonyl (C=O) groups excluding carboxylic acids is 2. The maximum Gasteiger partial charge on any atom is 0.328 e.